The highest BCUT2D eigenvalue weighted by Crippen LogP contribution is 2.59. The van der Waals surface area contributed by atoms with E-state index in [0.717, 1.165) is 19.3 Å². The van der Waals surface area contributed by atoms with Gasteiger partial charge in [0.25, 0.3) is 10.1 Å². The monoisotopic (exact) mass is 739 g/mol. The van der Waals surface area contributed by atoms with E-state index in [-0.39, 0.29) is 30.7 Å². The summed E-state index contributed by atoms with van der Waals surface area (Å²) in [7, 11) is -4.30. The molecule has 260 valence electrons. The van der Waals surface area contributed by atoms with E-state index in [2.05, 4.69) is 39.7 Å². The molecule has 2 fully saturated rings. The van der Waals surface area contributed by atoms with E-state index in [0.29, 0.717) is 17.3 Å². The number of halogens is 1. The molecule has 1 aromatic rings. The summed E-state index contributed by atoms with van der Waals surface area (Å²) < 4.78 is 37.9. The summed E-state index contributed by atoms with van der Waals surface area (Å²) in [5, 5.41) is 15.4. The van der Waals surface area contributed by atoms with Crippen molar-refractivity contribution < 1.29 is 41.6 Å². The summed E-state index contributed by atoms with van der Waals surface area (Å²) in [6.07, 6.45) is 4.78. The molecule has 0 radical (unpaired) electrons. The van der Waals surface area contributed by atoms with Gasteiger partial charge in [-0.3, -0.25) is 13.8 Å². The number of nitrogens with one attached hydrogen (secondary N) is 2. The van der Waals surface area contributed by atoms with E-state index in [4.69, 9.17) is 8.92 Å². The Balaban J connectivity index is 1.93. The quantitative estimate of drug-likeness (QED) is 0.119. The van der Waals surface area contributed by atoms with Crippen LogP contribution in [0, 0.1) is 5.41 Å². The van der Waals surface area contributed by atoms with Crippen molar-refractivity contribution in [3.8, 4) is 0 Å². The third-order valence-corrected chi connectivity index (χ3v) is 10.5. The van der Waals surface area contributed by atoms with Crippen molar-refractivity contribution in [2.45, 2.75) is 113 Å². The first-order valence-electron chi connectivity index (χ1n) is 15.7. The van der Waals surface area contributed by atoms with Gasteiger partial charge in [0, 0.05) is 22.9 Å². The Bertz CT molecular complexity index is 1460. The van der Waals surface area contributed by atoms with E-state index in [9.17, 15) is 32.7 Å². The number of likely N-dealkylation sites (tertiary alicyclic amines) is 1. The number of carboxylic acids is 1. The van der Waals surface area contributed by atoms with Crippen molar-refractivity contribution in [2.75, 3.05) is 6.54 Å². The van der Waals surface area contributed by atoms with E-state index in [1.165, 1.54) is 23.1 Å². The lowest BCUT2D eigenvalue weighted by atomic mass is 9.96. The van der Waals surface area contributed by atoms with Gasteiger partial charge in [0.05, 0.1) is 11.0 Å². The summed E-state index contributed by atoms with van der Waals surface area (Å²) in [6, 6.07) is 3.41. The second-order valence-corrected chi connectivity index (χ2v) is 15.6. The minimum atomic E-state index is -4.30. The fourth-order valence-electron chi connectivity index (χ4n) is 5.97. The second kappa shape index (κ2) is 15.3. The van der Waals surface area contributed by atoms with Gasteiger partial charge in [0.15, 0.2) is 0 Å². The minimum absolute atomic E-state index is 0.114. The molecule has 5 atom stereocenters. The Morgan fingerprint density at radius 2 is 1.81 bits per heavy atom. The van der Waals surface area contributed by atoms with E-state index in [1.54, 1.807) is 45.9 Å². The normalized spacial score (nSPS) is 24.6. The van der Waals surface area contributed by atoms with Crippen molar-refractivity contribution in [1.29, 1.82) is 0 Å². The molecule has 0 bridgehead atoms. The predicted octanol–water partition coefficient (Wildman–Crippen LogP) is 5.08. The van der Waals surface area contributed by atoms with Crippen molar-refractivity contribution in [1.82, 2.24) is 15.5 Å². The molecule has 3 rings (SSSR count). The fraction of sp³-hybridized carbons (Fsp3) is 0.576. The number of unbranched alkanes of at least 4 members (excludes halogenated alkanes) is 3. The smallest absolute Gasteiger partial charge is 0.408 e. The van der Waals surface area contributed by atoms with Crippen LogP contribution in [-0.2, 0) is 33.4 Å². The van der Waals surface area contributed by atoms with Gasteiger partial charge in [-0.1, -0.05) is 47.8 Å². The highest BCUT2D eigenvalue weighted by Gasteiger charge is 2.71. The summed E-state index contributed by atoms with van der Waals surface area (Å²) in [6.45, 7) is 14.0. The first kappa shape index (κ1) is 38.2. The highest BCUT2D eigenvalue weighted by atomic mass is 79.9. The molecule has 1 aliphatic heterocycles. The van der Waals surface area contributed by atoms with Gasteiger partial charge in [-0.2, -0.15) is 8.42 Å². The number of carbonyl (C=O) groups excluding carboxylic acids is 3. The second-order valence-electron chi connectivity index (χ2n) is 13.1. The number of allylic oxidation sites excluding steroid dienone is 1. The molecule has 14 heteroatoms. The maximum Gasteiger partial charge on any atom is 0.408 e. The summed E-state index contributed by atoms with van der Waals surface area (Å²) in [5.41, 5.74) is -3.35. The standard InChI is InChI=1S/C33H46BrN3O9S/c1-7-10-11-12-13-14-25(35-30(42)45-31(4,5)6)28(39)37-20-23(46-47(43,44)24-17-15-22(34)16-18-24)19-26(37)27(38)36-33(29(40)41)21-32(33,8-2)9-3/h7-8,15-18,23,25-26H,1-2,9-14,19-21H2,3-6H3,(H,35,42)(H,36,38)(H,40,41)/t23-,25-,26-,32-,33-/m0/s1. The lowest BCUT2D eigenvalue weighted by Crippen LogP contribution is -2.57. The number of alkyl carbamates (subject to hydrolysis) is 1. The Kier molecular flexibility index (Phi) is 12.5. The summed E-state index contributed by atoms with van der Waals surface area (Å²) in [4.78, 5) is 54.4. The van der Waals surface area contributed by atoms with E-state index >= 15 is 0 Å². The molecule has 0 aromatic heterocycles. The largest absolute Gasteiger partial charge is 0.479 e. The van der Waals surface area contributed by atoms with Gasteiger partial charge in [-0.25, -0.2) is 9.59 Å². The number of aliphatic carboxylic acids is 1. The van der Waals surface area contributed by atoms with Crippen LogP contribution in [0.15, 0.2) is 58.9 Å². The zero-order valence-electron chi connectivity index (χ0n) is 27.4. The van der Waals surface area contributed by atoms with Crippen LogP contribution in [0.1, 0.15) is 79.1 Å². The average molecular weight is 741 g/mol. The van der Waals surface area contributed by atoms with Gasteiger partial charge < -0.3 is 25.4 Å². The highest BCUT2D eigenvalue weighted by molar-refractivity contribution is 9.10. The SMILES string of the molecule is C=CCCCCC[C@H](NC(=O)OC(C)(C)C)C(=O)N1C[C@@H](OS(=O)(=O)c2ccc(Br)cc2)C[C@H]1C(=O)N[C@]1(C(=O)O)C[C@]1(C=C)CC. The molecular formula is C33H46BrN3O9S. The van der Waals surface area contributed by atoms with Crippen molar-refractivity contribution in [3.05, 3.63) is 54.0 Å². The molecular weight excluding hydrogens is 694 g/mol. The number of hydrogen-bond donors (Lipinski definition) is 3. The predicted molar refractivity (Wildman–Crippen MR) is 179 cm³/mol. The van der Waals surface area contributed by atoms with Crippen LogP contribution in [0.5, 0.6) is 0 Å². The van der Waals surface area contributed by atoms with Crippen LogP contribution >= 0.6 is 15.9 Å². The van der Waals surface area contributed by atoms with Crippen molar-refractivity contribution in [3.63, 3.8) is 0 Å². The maximum absolute atomic E-state index is 14.2. The topological polar surface area (TPSA) is 168 Å². The number of rotatable bonds is 16. The number of amides is 3. The van der Waals surface area contributed by atoms with E-state index in [1.807, 2.05) is 0 Å². The lowest BCUT2D eigenvalue weighted by Gasteiger charge is -2.30. The Morgan fingerprint density at radius 1 is 1.15 bits per heavy atom. The average Bonchev–Trinajstić information content (AvgIpc) is 3.46. The molecule has 12 nitrogen and oxygen atoms in total. The number of hydrogen-bond acceptors (Lipinski definition) is 8. The molecule has 47 heavy (non-hydrogen) atoms. The third-order valence-electron chi connectivity index (χ3n) is 8.63. The fourth-order valence-corrected chi connectivity index (χ4v) is 7.31. The number of nitrogens with zero attached hydrogens (tertiary/aromatic N) is 1. The molecule has 0 unspecified atom stereocenters. The maximum atomic E-state index is 14.2. The molecule has 3 N–H and O–H groups in total. The third kappa shape index (κ3) is 9.23. The molecule has 1 saturated carbocycles. The van der Waals surface area contributed by atoms with E-state index < -0.39 is 68.7 Å². The first-order valence-corrected chi connectivity index (χ1v) is 17.9. The molecule has 0 spiro atoms. The van der Waals surface area contributed by atoms with Gasteiger partial charge >= 0.3 is 12.1 Å². The molecule has 1 saturated heterocycles. The number of benzene rings is 1. The van der Waals surface area contributed by atoms with Crippen LogP contribution in [0.3, 0.4) is 0 Å². The summed E-state index contributed by atoms with van der Waals surface area (Å²) >= 11 is 3.27. The van der Waals surface area contributed by atoms with Gasteiger partial charge in [-0.15, -0.1) is 13.2 Å². The van der Waals surface area contributed by atoms with Crippen molar-refractivity contribution >= 4 is 49.9 Å². The molecule has 2 aliphatic rings. The first-order chi connectivity index (χ1) is 21.9. The van der Waals surface area contributed by atoms with Crippen LogP contribution in [-0.4, -0.2) is 78.2 Å². The molecule has 3 amide bonds. The number of carboxylic acid groups (broad SMARTS) is 1. The number of ether oxygens (including phenoxy) is 1. The minimum Gasteiger partial charge on any atom is -0.479 e. The Morgan fingerprint density at radius 3 is 2.34 bits per heavy atom. The van der Waals surface area contributed by atoms with Crippen LogP contribution in [0.25, 0.3) is 0 Å². The van der Waals surface area contributed by atoms with Gasteiger partial charge in [0.2, 0.25) is 11.8 Å². The zero-order chi connectivity index (χ0) is 35.2. The van der Waals surface area contributed by atoms with Crippen LogP contribution in [0.2, 0.25) is 0 Å². The molecule has 1 aliphatic carbocycles. The van der Waals surface area contributed by atoms with Gasteiger partial charge in [0.1, 0.15) is 23.2 Å². The Labute approximate surface area is 285 Å². The van der Waals surface area contributed by atoms with Crippen LogP contribution in [0.4, 0.5) is 4.79 Å². The van der Waals surface area contributed by atoms with Crippen LogP contribution < -0.4 is 10.6 Å². The van der Waals surface area contributed by atoms with Gasteiger partial charge in [-0.05, 0) is 77.1 Å². The zero-order valence-corrected chi connectivity index (χ0v) is 29.8. The molecule has 1 heterocycles. The number of carbonyl (C=O) groups is 4. The summed E-state index contributed by atoms with van der Waals surface area (Å²) in [5.74, 6) is -2.65. The van der Waals surface area contributed by atoms with Crippen molar-refractivity contribution in [2.24, 2.45) is 5.41 Å². The molecule has 1 aromatic carbocycles. The lowest BCUT2D eigenvalue weighted by molar-refractivity contribution is -0.146. The Hall–Kier alpha value is -3.23.